The van der Waals surface area contributed by atoms with Gasteiger partial charge in [-0.1, -0.05) is 0 Å². The minimum Gasteiger partial charge on any atom is -0.412 e. The first-order valence-electron chi connectivity index (χ1n) is 5.69. The lowest BCUT2D eigenvalue weighted by atomic mass is 10.2. The van der Waals surface area contributed by atoms with E-state index in [1.807, 2.05) is 0 Å². The minimum atomic E-state index is -2.68. The predicted octanol–water partition coefficient (Wildman–Crippen LogP) is -2.36. The molecule has 1 fully saturated rings. The van der Waals surface area contributed by atoms with Gasteiger partial charge in [-0.3, -0.25) is 4.57 Å². The molecule has 0 aromatic carbocycles. The van der Waals surface area contributed by atoms with Crippen LogP contribution in [0, 0.1) is 0 Å². The lowest BCUT2D eigenvalue weighted by Crippen LogP contribution is -2.27. The van der Waals surface area contributed by atoms with E-state index in [-0.39, 0.29) is 17.7 Å². The third-order valence-electron chi connectivity index (χ3n) is 2.39. The average Bonchev–Trinajstić information content (AvgIpc) is 2.59. The molecule has 1 aliphatic rings. The Bertz CT molecular complexity index is 503. The summed E-state index contributed by atoms with van der Waals surface area (Å²) >= 11 is 0. The van der Waals surface area contributed by atoms with Crippen molar-refractivity contribution in [1.82, 2.24) is 9.55 Å². The van der Waals surface area contributed by atoms with Gasteiger partial charge in [0.2, 0.25) is 0 Å². The highest BCUT2D eigenvalue weighted by atomic mass is 16.5. The number of hydrogen-bond acceptors (Lipinski definition) is 6. The Morgan fingerprint density at radius 3 is 3.00 bits per heavy atom. The summed E-state index contributed by atoms with van der Waals surface area (Å²) in [6.07, 6.45) is -2.17. The molecule has 1 aromatic rings. The molecule has 8 nitrogen and oxygen atoms in total. The Labute approximate surface area is 99.4 Å². The first-order chi connectivity index (χ1) is 8.29. The van der Waals surface area contributed by atoms with Gasteiger partial charge in [-0.15, -0.1) is 0 Å². The van der Waals surface area contributed by atoms with Gasteiger partial charge < -0.3 is 26.2 Å². The summed E-state index contributed by atoms with van der Waals surface area (Å²) in [6, 6.07) is 1.39. The van der Waals surface area contributed by atoms with Crippen molar-refractivity contribution in [2.45, 2.75) is 24.9 Å². The molecule has 0 bridgehead atoms. The Morgan fingerprint density at radius 1 is 1.76 bits per heavy atom. The summed E-state index contributed by atoms with van der Waals surface area (Å²) in [5.41, 5.74) is 4.67. The Hall–Kier alpha value is -1.48. The first kappa shape index (κ1) is 10.7. The van der Waals surface area contributed by atoms with Crippen LogP contribution in [0.15, 0.2) is 17.1 Å². The number of aliphatic hydroxyl groups is 2. The molecule has 96 valence electrons. The Balaban J connectivity index is 0.00000180. The molecule has 0 amide bonds. The third kappa shape index (κ3) is 2.61. The molecule has 1 aromatic heterocycles. The molecule has 0 aliphatic carbocycles. The van der Waals surface area contributed by atoms with Gasteiger partial charge in [0.05, 0.1) is 15.4 Å². The molecular formula is C9H15N3O5. The highest BCUT2D eigenvalue weighted by molar-refractivity contribution is 5.23. The van der Waals surface area contributed by atoms with Crippen molar-refractivity contribution >= 4 is 5.82 Å². The van der Waals surface area contributed by atoms with Crippen LogP contribution >= 0.6 is 0 Å². The molecule has 3 atom stereocenters. The molecule has 0 saturated carbocycles. The highest BCUT2D eigenvalue weighted by Crippen LogP contribution is 2.27. The van der Waals surface area contributed by atoms with E-state index >= 15 is 0 Å². The smallest absolute Gasteiger partial charge is 0.351 e. The van der Waals surface area contributed by atoms with Gasteiger partial charge in [0.1, 0.15) is 18.1 Å². The van der Waals surface area contributed by atoms with Crippen LogP contribution in [0.5, 0.6) is 0 Å². The van der Waals surface area contributed by atoms with Crippen molar-refractivity contribution in [1.29, 1.82) is 0 Å². The fourth-order valence-electron chi connectivity index (χ4n) is 1.59. The van der Waals surface area contributed by atoms with E-state index in [1.165, 1.54) is 12.3 Å². The van der Waals surface area contributed by atoms with Crippen molar-refractivity contribution < 1.29 is 23.2 Å². The third-order valence-corrected chi connectivity index (χ3v) is 2.39. The zero-order valence-corrected chi connectivity index (χ0v) is 8.78. The number of nitrogens with zero attached hydrogens (tertiary/aromatic N) is 2. The number of rotatable bonds is 2. The van der Waals surface area contributed by atoms with Crippen LogP contribution in [0.25, 0.3) is 0 Å². The van der Waals surface area contributed by atoms with Crippen molar-refractivity contribution in [2.75, 3.05) is 12.3 Å². The second-order valence-corrected chi connectivity index (χ2v) is 3.49. The molecular weight excluding hydrogens is 230 g/mol. The first-order valence-corrected chi connectivity index (χ1v) is 4.69. The summed E-state index contributed by atoms with van der Waals surface area (Å²) in [5.74, 6) is 0.0591. The Morgan fingerprint density at radius 2 is 2.47 bits per heavy atom. The number of nitrogen functional groups attached to an aromatic ring is 1. The number of aliphatic hydroxyl groups excluding tert-OH is 1. The fourth-order valence-corrected chi connectivity index (χ4v) is 1.59. The normalized spacial score (nSPS) is 30.4. The molecule has 0 spiro atoms. The van der Waals surface area contributed by atoms with Gasteiger partial charge in [0.15, 0.2) is 0 Å². The van der Waals surface area contributed by atoms with E-state index in [0.717, 1.165) is 4.57 Å². The minimum absolute atomic E-state index is 0. The molecule has 17 heavy (non-hydrogen) atoms. The average molecular weight is 247 g/mol. The molecule has 0 unspecified atom stereocenters. The van der Waals surface area contributed by atoms with Gasteiger partial charge in [0.25, 0.3) is 0 Å². The number of hydrogen-bond donors (Lipinski definition) is 3. The molecule has 0 radical (unpaired) electrons. The van der Waals surface area contributed by atoms with Gasteiger partial charge >= 0.3 is 5.69 Å². The van der Waals surface area contributed by atoms with Gasteiger partial charge in [-0.25, -0.2) is 4.79 Å². The topological polar surface area (TPSA) is 142 Å². The van der Waals surface area contributed by atoms with Crippen molar-refractivity contribution in [3.63, 3.8) is 0 Å². The summed E-state index contributed by atoms with van der Waals surface area (Å²) in [6.45, 7) is -2.68. The van der Waals surface area contributed by atoms with E-state index < -0.39 is 30.7 Å². The number of ether oxygens (including phenoxy) is 1. The number of nitrogens with two attached hydrogens (primary N) is 1. The molecule has 8 heteroatoms. The van der Waals surface area contributed by atoms with E-state index in [2.05, 4.69) is 4.98 Å². The maximum Gasteiger partial charge on any atom is 0.351 e. The standard InChI is InChI=1S/C9H13N3O4.H2O/c10-7-1-2-12(9(15)11-7)8-3-5(14)6(4-13)16-8;/h1-2,5-6,8,13-14H,3-4H2,(H2,10,11,15);1H2/t5-,6+,8+;/m0./s1/i4D2;. The second-order valence-electron chi connectivity index (χ2n) is 3.49. The lowest BCUT2D eigenvalue weighted by Gasteiger charge is -2.13. The van der Waals surface area contributed by atoms with Crippen molar-refractivity contribution in [3.05, 3.63) is 22.7 Å². The molecule has 1 aliphatic heterocycles. The number of aromatic nitrogens is 2. The van der Waals surface area contributed by atoms with E-state index in [4.69, 9.17) is 13.2 Å². The van der Waals surface area contributed by atoms with E-state index in [1.54, 1.807) is 0 Å². The quantitative estimate of drug-likeness (QED) is 0.533. The molecule has 1 saturated heterocycles. The van der Waals surface area contributed by atoms with Gasteiger partial charge in [0, 0.05) is 12.6 Å². The predicted molar refractivity (Wildman–Crippen MR) is 58.1 cm³/mol. The lowest BCUT2D eigenvalue weighted by molar-refractivity contribution is -0.0458. The zero-order valence-electron chi connectivity index (χ0n) is 10.8. The SMILES string of the molecule is O.[2H]C([2H])(O)[C@H]1O[C@@H](n2ccc(N)nc2=O)C[C@@H]1O. The zero-order chi connectivity index (χ0) is 13.5. The number of anilines is 1. The summed E-state index contributed by atoms with van der Waals surface area (Å²) in [5, 5.41) is 18.8. The summed E-state index contributed by atoms with van der Waals surface area (Å²) in [7, 11) is 0. The highest BCUT2D eigenvalue weighted by Gasteiger charge is 2.34. The van der Waals surface area contributed by atoms with Gasteiger partial charge in [-0.2, -0.15) is 4.98 Å². The maximum atomic E-state index is 11.5. The van der Waals surface area contributed by atoms with Crippen LogP contribution in [0.1, 0.15) is 15.4 Å². The summed E-state index contributed by atoms with van der Waals surface area (Å²) in [4.78, 5) is 15.0. The van der Waals surface area contributed by atoms with Crippen LogP contribution in [-0.2, 0) is 4.74 Å². The van der Waals surface area contributed by atoms with E-state index in [9.17, 15) is 15.0 Å². The van der Waals surface area contributed by atoms with Crippen LogP contribution in [0.4, 0.5) is 5.82 Å². The largest absolute Gasteiger partial charge is 0.412 e. The van der Waals surface area contributed by atoms with Crippen molar-refractivity contribution in [3.8, 4) is 0 Å². The molecule has 6 N–H and O–H groups in total. The summed E-state index contributed by atoms with van der Waals surface area (Å²) < 4.78 is 20.5. The van der Waals surface area contributed by atoms with Crippen LogP contribution in [-0.4, -0.2) is 44.0 Å². The van der Waals surface area contributed by atoms with Crippen molar-refractivity contribution in [2.24, 2.45) is 0 Å². The van der Waals surface area contributed by atoms with Crippen LogP contribution < -0.4 is 11.4 Å². The monoisotopic (exact) mass is 247 g/mol. The van der Waals surface area contributed by atoms with Crippen LogP contribution in [0.2, 0.25) is 0 Å². The molecule has 2 rings (SSSR count). The van der Waals surface area contributed by atoms with E-state index in [0.29, 0.717) is 0 Å². The Kier molecular flexibility index (Phi) is 3.28. The molecule has 2 heterocycles. The van der Waals surface area contributed by atoms with Gasteiger partial charge in [-0.05, 0) is 6.07 Å². The maximum absolute atomic E-state index is 11.5. The van der Waals surface area contributed by atoms with Crippen LogP contribution in [0.3, 0.4) is 0 Å². The fraction of sp³-hybridized carbons (Fsp3) is 0.556. The second kappa shape index (κ2) is 5.23.